The quantitative estimate of drug-likeness (QED) is 0.606. The molecule has 0 aliphatic heterocycles. The molecule has 0 radical (unpaired) electrons. The first-order valence-corrected chi connectivity index (χ1v) is 9.78. The number of aliphatic hydroxyl groups is 1. The molecule has 0 fully saturated rings. The number of ether oxygens (including phenoxy) is 1. The lowest BCUT2D eigenvalue weighted by atomic mass is 10.0. The number of rotatable bonds is 7. The topological polar surface area (TPSA) is 113 Å². The summed E-state index contributed by atoms with van der Waals surface area (Å²) in [7, 11) is -4.14. The van der Waals surface area contributed by atoms with Gasteiger partial charge in [-0.2, -0.15) is 4.72 Å². The average Bonchev–Trinajstić information content (AvgIpc) is 2.54. The van der Waals surface area contributed by atoms with Gasteiger partial charge in [0.05, 0.1) is 10.5 Å². The van der Waals surface area contributed by atoms with Gasteiger partial charge in [-0.25, -0.2) is 8.42 Å². The molecule has 3 N–H and O–H groups in total. The predicted octanol–water partition coefficient (Wildman–Crippen LogP) is 2.74. The van der Waals surface area contributed by atoms with Crippen molar-refractivity contribution in [2.75, 3.05) is 0 Å². The van der Waals surface area contributed by atoms with Crippen LogP contribution in [-0.4, -0.2) is 36.2 Å². The van der Waals surface area contributed by atoms with Crippen molar-refractivity contribution in [1.29, 1.82) is 0 Å². The van der Waals surface area contributed by atoms with Crippen LogP contribution in [0.2, 0.25) is 0 Å². The first kappa shape index (κ1) is 20.4. The fraction of sp³-hybridized carbons (Fsp3) is 0.235. The number of halogens is 1. The Labute approximate surface area is 159 Å². The van der Waals surface area contributed by atoms with Crippen LogP contribution in [0.3, 0.4) is 0 Å². The zero-order valence-electron chi connectivity index (χ0n) is 14.0. The molecule has 2 aromatic rings. The summed E-state index contributed by atoms with van der Waals surface area (Å²) in [6.45, 7) is 2.42. The maximum Gasteiger partial charge on any atom is 0.324 e. The Bertz CT molecular complexity index is 873. The summed E-state index contributed by atoms with van der Waals surface area (Å²) in [5.74, 6) is -0.477. The van der Waals surface area contributed by atoms with Crippen molar-refractivity contribution in [1.82, 2.24) is 4.72 Å². The molecule has 1 atom stereocenters. The van der Waals surface area contributed by atoms with E-state index in [0.717, 1.165) is 4.47 Å². The summed E-state index contributed by atoms with van der Waals surface area (Å²) in [4.78, 5) is 11.1. The standard InChI is InChI=1S/C17H18BrNO6S/c1-17(2,22)15(16(20)21)19-26(23,24)14-9-7-13(8-10-14)25-12-5-3-11(18)4-6-12/h3-10,15,19,22H,1-2H3,(H,20,21). The third kappa shape index (κ3) is 5.28. The van der Waals surface area contributed by atoms with Gasteiger partial charge < -0.3 is 14.9 Å². The van der Waals surface area contributed by atoms with Gasteiger partial charge in [0.2, 0.25) is 10.0 Å². The van der Waals surface area contributed by atoms with E-state index in [1.807, 2.05) is 4.72 Å². The molecule has 0 saturated carbocycles. The number of carboxylic acids is 1. The van der Waals surface area contributed by atoms with Gasteiger partial charge >= 0.3 is 5.97 Å². The van der Waals surface area contributed by atoms with E-state index in [-0.39, 0.29) is 4.90 Å². The number of carbonyl (C=O) groups is 1. The van der Waals surface area contributed by atoms with E-state index < -0.39 is 27.6 Å². The highest BCUT2D eigenvalue weighted by atomic mass is 79.9. The molecule has 0 aliphatic rings. The first-order chi connectivity index (χ1) is 12.0. The van der Waals surface area contributed by atoms with Gasteiger partial charge in [0.15, 0.2) is 0 Å². The van der Waals surface area contributed by atoms with Crippen LogP contribution in [0.1, 0.15) is 13.8 Å². The molecule has 0 heterocycles. The maximum absolute atomic E-state index is 12.4. The average molecular weight is 444 g/mol. The minimum atomic E-state index is -4.14. The highest BCUT2D eigenvalue weighted by molar-refractivity contribution is 9.10. The number of hydrogen-bond acceptors (Lipinski definition) is 5. The first-order valence-electron chi connectivity index (χ1n) is 7.50. The molecule has 2 aromatic carbocycles. The Morgan fingerprint density at radius 2 is 1.54 bits per heavy atom. The summed E-state index contributed by atoms with van der Waals surface area (Å²) in [5.41, 5.74) is -1.77. The lowest BCUT2D eigenvalue weighted by Gasteiger charge is -2.26. The van der Waals surface area contributed by atoms with E-state index >= 15 is 0 Å². The number of sulfonamides is 1. The van der Waals surface area contributed by atoms with Crippen molar-refractivity contribution in [3.8, 4) is 11.5 Å². The number of carboxylic acid groups (broad SMARTS) is 1. The smallest absolute Gasteiger partial charge is 0.324 e. The van der Waals surface area contributed by atoms with Crippen LogP contribution in [0.4, 0.5) is 0 Å². The second kappa shape index (κ2) is 7.75. The summed E-state index contributed by atoms with van der Waals surface area (Å²) >= 11 is 3.32. The van der Waals surface area contributed by atoms with Gasteiger partial charge in [-0.05, 0) is 62.4 Å². The Balaban J connectivity index is 2.18. The van der Waals surface area contributed by atoms with Crippen LogP contribution >= 0.6 is 15.9 Å². The van der Waals surface area contributed by atoms with Gasteiger partial charge in [0, 0.05) is 4.47 Å². The maximum atomic E-state index is 12.4. The van der Waals surface area contributed by atoms with Gasteiger partial charge in [-0.15, -0.1) is 0 Å². The molecular weight excluding hydrogens is 426 g/mol. The van der Waals surface area contributed by atoms with Crippen molar-refractivity contribution >= 4 is 31.9 Å². The van der Waals surface area contributed by atoms with Crippen LogP contribution in [0.15, 0.2) is 57.9 Å². The van der Waals surface area contributed by atoms with E-state index in [2.05, 4.69) is 15.9 Å². The summed E-state index contributed by atoms with van der Waals surface area (Å²) in [5, 5.41) is 19.0. The molecule has 1 unspecified atom stereocenters. The normalized spacial score (nSPS) is 13.2. The lowest BCUT2D eigenvalue weighted by molar-refractivity contribution is -0.144. The highest BCUT2D eigenvalue weighted by Crippen LogP contribution is 2.24. The SMILES string of the molecule is CC(C)(O)C(NS(=O)(=O)c1ccc(Oc2ccc(Br)cc2)cc1)C(=O)O. The zero-order chi connectivity index (χ0) is 19.5. The molecule has 0 bridgehead atoms. The minimum absolute atomic E-state index is 0.142. The van der Waals surface area contributed by atoms with Crippen molar-refractivity contribution < 1.29 is 28.2 Å². The molecule has 7 nitrogen and oxygen atoms in total. The molecule has 0 aliphatic carbocycles. The Kier molecular flexibility index (Phi) is 6.07. The fourth-order valence-corrected chi connectivity index (χ4v) is 3.64. The number of hydrogen-bond donors (Lipinski definition) is 3. The summed E-state index contributed by atoms with van der Waals surface area (Å²) in [6.07, 6.45) is 0. The van der Waals surface area contributed by atoms with Crippen molar-refractivity contribution in [3.05, 3.63) is 53.0 Å². The van der Waals surface area contributed by atoms with Gasteiger partial charge in [-0.3, -0.25) is 4.79 Å². The third-order valence-corrected chi connectivity index (χ3v) is 5.38. The lowest BCUT2D eigenvalue weighted by Crippen LogP contribution is -2.53. The second-order valence-electron chi connectivity index (χ2n) is 6.07. The molecule has 0 aromatic heterocycles. The number of benzene rings is 2. The van der Waals surface area contributed by atoms with Crippen LogP contribution in [0.25, 0.3) is 0 Å². The molecule has 9 heteroatoms. The molecule has 0 spiro atoms. The van der Waals surface area contributed by atoms with Gasteiger partial charge in [0.1, 0.15) is 17.5 Å². The summed E-state index contributed by atoms with van der Waals surface area (Å²) < 4.78 is 33.2. The van der Waals surface area contributed by atoms with E-state index in [0.29, 0.717) is 11.5 Å². The van der Waals surface area contributed by atoms with Crippen LogP contribution in [0.5, 0.6) is 11.5 Å². The van der Waals surface area contributed by atoms with E-state index in [9.17, 15) is 18.3 Å². The summed E-state index contributed by atoms with van der Waals surface area (Å²) in [6, 6.07) is 10.9. The fourth-order valence-electron chi connectivity index (χ4n) is 2.05. The Hall–Kier alpha value is -1.94. The van der Waals surface area contributed by atoms with E-state index in [1.165, 1.54) is 38.1 Å². The van der Waals surface area contributed by atoms with Gasteiger partial charge in [-0.1, -0.05) is 15.9 Å². The van der Waals surface area contributed by atoms with Crippen molar-refractivity contribution in [2.24, 2.45) is 0 Å². The molecular formula is C17H18BrNO6S. The van der Waals surface area contributed by atoms with Gasteiger partial charge in [0.25, 0.3) is 0 Å². The van der Waals surface area contributed by atoms with Crippen LogP contribution < -0.4 is 9.46 Å². The number of aliphatic carboxylic acids is 1. The van der Waals surface area contributed by atoms with Crippen LogP contribution in [-0.2, 0) is 14.8 Å². The predicted molar refractivity (Wildman–Crippen MR) is 98.7 cm³/mol. The van der Waals surface area contributed by atoms with Crippen molar-refractivity contribution in [3.63, 3.8) is 0 Å². The highest BCUT2D eigenvalue weighted by Gasteiger charge is 2.37. The zero-order valence-corrected chi connectivity index (χ0v) is 16.4. The molecule has 26 heavy (non-hydrogen) atoms. The molecule has 0 saturated heterocycles. The monoisotopic (exact) mass is 443 g/mol. The minimum Gasteiger partial charge on any atom is -0.480 e. The Morgan fingerprint density at radius 3 is 1.96 bits per heavy atom. The molecule has 2 rings (SSSR count). The van der Waals surface area contributed by atoms with Crippen LogP contribution in [0, 0.1) is 0 Å². The molecule has 140 valence electrons. The third-order valence-electron chi connectivity index (χ3n) is 3.41. The Morgan fingerprint density at radius 1 is 1.08 bits per heavy atom. The van der Waals surface area contributed by atoms with E-state index in [1.54, 1.807) is 24.3 Å². The largest absolute Gasteiger partial charge is 0.480 e. The van der Waals surface area contributed by atoms with E-state index in [4.69, 9.17) is 9.84 Å². The van der Waals surface area contributed by atoms with Crippen molar-refractivity contribution in [2.45, 2.75) is 30.4 Å². The molecule has 0 amide bonds. The number of nitrogens with one attached hydrogen (secondary N) is 1. The second-order valence-corrected chi connectivity index (χ2v) is 8.70.